The van der Waals surface area contributed by atoms with Crippen LogP contribution in [0.1, 0.15) is 43.8 Å². The molecule has 1 fully saturated rings. The van der Waals surface area contributed by atoms with Gasteiger partial charge in [-0.15, -0.1) is 0 Å². The maximum Gasteiger partial charge on any atom is 0.244 e. The van der Waals surface area contributed by atoms with Gasteiger partial charge in [0.25, 0.3) is 0 Å². The van der Waals surface area contributed by atoms with Gasteiger partial charge in [-0.2, -0.15) is 5.10 Å². The van der Waals surface area contributed by atoms with Gasteiger partial charge in [0.05, 0.1) is 29.0 Å². The van der Waals surface area contributed by atoms with Crippen LogP contribution in [0.25, 0.3) is 11.3 Å². The van der Waals surface area contributed by atoms with E-state index in [9.17, 15) is 17.2 Å². The van der Waals surface area contributed by atoms with Gasteiger partial charge in [-0.25, -0.2) is 31.6 Å². The predicted octanol–water partition coefficient (Wildman–Crippen LogP) is 3.98. The van der Waals surface area contributed by atoms with Crippen LogP contribution in [0.5, 0.6) is 0 Å². The van der Waals surface area contributed by atoms with Crippen LogP contribution >= 0.6 is 0 Å². The largest absolute Gasteiger partial charge is 0.384 e. The molecule has 39 heavy (non-hydrogen) atoms. The van der Waals surface area contributed by atoms with E-state index < -0.39 is 38.9 Å². The Labute approximate surface area is 224 Å². The average Bonchev–Trinajstić information content (AvgIpc) is 3.29. The molecule has 4 unspecified atom stereocenters. The van der Waals surface area contributed by atoms with Crippen LogP contribution < -0.4 is 10.5 Å². The third-order valence-corrected chi connectivity index (χ3v) is 9.35. The van der Waals surface area contributed by atoms with Crippen molar-refractivity contribution in [2.75, 3.05) is 18.9 Å². The summed E-state index contributed by atoms with van der Waals surface area (Å²) in [5.74, 6) is -1.67. The molecular weight excluding hydrogens is 533 g/mol. The molecule has 3 heterocycles. The minimum Gasteiger partial charge on any atom is -0.384 e. The van der Waals surface area contributed by atoms with E-state index in [1.165, 1.54) is 24.6 Å². The number of allylic oxidation sites excluding steroid dienone is 7. The smallest absolute Gasteiger partial charge is 0.244 e. The van der Waals surface area contributed by atoms with Crippen molar-refractivity contribution in [3.05, 3.63) is 72.3 Å². The highest BCUT2D eigenvalue weighted by atomic mass is 32.2. The summed E-state index contributed by atoms with van der Waals surface area (Å²) >= 11 is 0. The van der Waals surface area contributed by atoms with Gasteiger partial charge in [-0.1, -0.05) is 18.2 Å². The Morgan fingerprint density at radius 3 is 2.74 bits per heavy atom. The minimum absolute atomic E-state index is 0.0246. The molecule has 1 saturated heterocycles. The minimum atomic E-state index is -4.61. The van der Waals surface area contributed by atoms with Crippen molar-refractivity contribution >= 4 is 15.8 Å². The maximum absolute atomic E-state index is 16.1. The highest BCUT2D eigenvalue weighted by Crippen LogP contribution is 2.39. The first-order chi connectivity index (χ1) is 18.6. The molecule has 3 N–H and O–H groups in total. The molecule has 3 aliphatic rings. The van der Waals surface area contributed by atoms with Crippen molar-refractivity contribution in [1.82, 2.24) is 24.5 Å². The summed E-state index contributed by atoms with van der Waals surface area (Å²) in [6, 6.07) is 1.58. The zero-order valence-corrected chi connectivity index (χ0v) is 22.0. The number of hydrogen-bond donors (Lipinski definition) is 2. The number of ether oxygens (including phenoxy) is 1. The van der Waals surface area contributed by atoms with E-state index in [-0.39, 0.29) is 24.0 Å². The molecule has 2 aromatic rings. The molecule has 0 amide bonds. The fraction of sp³-hybridized carbons (Fsp3) is 0.423. The predicted molar refractivity (Wildman–Crippen MR) is 140 cm³/mol. The fourth-order valence-corrected chi connectivity index (χ4v) is 6.36. The van der Waals surface area contributed by atoms with E-state index in [0.29, 0.717) is 36.2 Å². The quantitative estimate of drug-likeness (QED) is 0.546. The Kier molecular flexibility index (Phi) is 7.38. The zero-order valence-electron chi connectivity index (χ0n) is 21.2. The van der Waals surface area contributed by atoms with Crippen LogP contribution in [0.4, 0.5) is 19.0 Å². The van der Waals surface area contributed by atoms with Crippen LogP contribution in [0, 0.1) is 0 Å². The molecule has 0 saturated carbocycles. The van der Waals surface area contributed by atoms with E-state index in [1.807, 2.05) is 0 Å². The molecule has 0 aromatic carbocycles. The summed E-state index contributed by atoms with van der Waals surface area (Å²) in [7, 11) is -4.61. The molecule has 5 rings (SSSR count). The Hall–Kier alpha value is -3.45. The number of alkyl halides is 2. The fourth-order valence-electron chi connectivity index (χ4n) is 4.94. The van der Waals surface area contributed by atoms with Crippen LogP contribution in [0.15, 0.2) is 66.6 Å². The summed E-state index contributed by atoms with van der Waals surface area (Å²) < 4.78 is 79.0. The van der Waals surface area contributed by atoms with E-state index >= 15 is 4.39 Å². The van der Waals surface area contributed by atoms with E-state index in [4.69, 9.17) is 15.6 Å². The Bertz CT molecular complexity index is 1460. The lowest BCUT2D eigenvalue weighted by molar-refractivity contribution is 0.0661. The SMILES string of the molecule is CC1(S(=O)(=O)NC2=CC=CC(c3nn(C4CCOCC4)cc3-c3cc(N)ncn3)C2F)C=C(F)C=CCC1F. The molecule has 1 aliphatic heterocycles. The molecule has 4 atom stereocenters. The lowest BCUT2D eigenvalue weighted by atomic mass is 9.90. The second kappa shape index (κ2) is 10.6. The monoisotopic (exact) mass is 562 g/mol. The van der Waals surface area contributed by atoms with Crippen molar-refractivity contribution in [1.29, 1.82) is 0 Å². The lowest BCUT2D eigenvalue weighted by Gasteiger charge is -2.31. The van der Waals surface area contributed by atoms with Gasteiger partial charge in [0.15, 0.2) is 6.17 Å². The molecule has 0 spiro atoms. The number of halogens is 3. The number of aromatic nitrogens is 4. The Balaban J connectivity index is 1.48. The van der Waals surface area contributed by atoms with Crippen LogP contribution in [0.2, 0.25) is 0 Å². The molecule has 0 radical (unpaired) electrons. The number of sulfonamides is 1. The second-order valence-electron chi connectivity index (χ2n) is 9.94. The Morgan fingerprint density at radius 1 is 1.23 bits per heavy atom. The molecule has 0 bridgehead atoms. The van der Waals surface area contributed by atoms with Gasteiger partial charge >= 0.3 is 0 Å². The van der Waals surface area contributed by atoms with Gasteiger partial charge in [0.2, 0.25) is 10.0 Å². The summed E-state index contributed by atoms with van der Waals surface area (Å²) in [5.41, 5.74) is 6.85. The summed E-state index contributed by atoms with van der Waals surface area (Å²) in [4.78, 5) is 8.21. The molecule has 13 heteroatoms. The van der Waals surface area contributed by atoms with Gasteiger partial charge < -0.3 is 10.5 Å². The summed E-state index contributed by atoms with van der Waals surface area (Å²) in [5, 5.41) is 4.72. The van der Waals surface area contributed by atoms with E-state index in [1.54, 1.807) is 23.0 Å². The van der Waals surface area contributed by atoms with Gasteiger partial charge in [0.1, 0.15) is 28.9 Å². The number of nitrogens with one attached hydrogen (secondary N) is 1. The third kappa shape index (κ3) is 5.24. The van der Waals surface area contributed by atoms with Crippen LogP contribution in [-0.4, -0.2) is 58.5 Å². The number of nitrogens with zero attached hydrogens (tertiary/aromatic N) is 4. The van der Waals surface area contributed by atoms with Crippen molar-refractivity contribution in [2.24, 2.45) is 0 Å². The van der Waals surface area contributed by atoms with Crippen molar-refractivity contribution in [3.63, 3.8) is 0 Å². The number of rotatable bonds is 6. The molecular formula is C26H29F3N6O3S. The standard InChI is InChI=1S/C26H29F3N6O3S/c1-26(13-16(27)4-2-7-22(26)28)39(36,37)34-20-6-3-5-18(24(20)29)25-19(21-12-23(30)32-15-31-21)14-35(33-25)17-8-10-38-11-9-17/h2-6,12-15,17-18,22,24,34H,7-11H2,1H3,(H2,30,31,32). The van der Waals surface area contributed by atoms with Crippen LogP contribution in [0.3, 0.4) is 0 Å². The molecule has 2 aromatic heterocycles. The topological polar surface area (TPSA) is 125 Å². The first-order valence-corrected chi connectivity index (χ1v) is 14.1. The second-order valence-corrected chi connectivity index (χ2v) is 12.0. The highest BCUT2D eigenvalue weighted by Gasteiger charge is 2.47. The van der Waals surface area contributed by atoms with E-state index in [2.05, 4.69) is 14.7 Å². The molecule has 208 valence electrons. The number of nitrogen functional groups attached to an aromatic ring is 1. The summed E-state index contributed by atoms with van der Waals surface area (Å²) in [6.45, 7) is 2.21. The first kappa shape index (κ1) is 27.1. The third-order valence-electron chi connectivity index (χ3n) is 7.31. The van der Waals surface area contributed by atoms with Gasteiger partial charge in [-0.05, 0) is 44.4 Å². The van der Waals surface area contributed by atoms with Crippen molar-refractivity contribution in [2.45, 2.75) is 55.2 Å². The summed E-state index contributed by atoms with van der Waals surface area (Å²) in [6.07, 6.45) is 7.66. The zero-order chi connectivity index (χ0) is 27.8. The Morgan fingerprint density at radius 2 is 2.00 bits per heavy atom. The van der Waals surface area contributed by atoms with Crippen molar-refractivity contribution in [3.8, 4) is 11.3 Å². The number of anilines is 1. The normalized spacial score (nSPS) is 28.1. The van der Waals surface area contributed by atoms with E-state index in [0.717, 1.165) is 25.8 Å². The number of hydrogen-bond acceptors (Lipinski definition) is 7. The average molecular weight is 563 g/mol. The first-order valence-electron chi connectivity index (χ1n) is 12.6. The number of nitrogens with two attached hydrogens (primary N) is 1. The maximum atomic E-state index is 16.1. The lowest BCUT2D eigenvalue weighted by Crippen LogP contribution is -2.50. The van der Waals surface area contributed by atoms with Gasteiger partial charge in [0, 0.05) is 31.0 Å². The van der Waals surface area contributed by atoms with Gasteiger partial charge in [-0.3, -0.25) is 9.40 Å². The van der Waals surface area contributed by atoms with Crippen LogP contribution in [-0.2, 0) is 14.8 Å². The molecule has 2 aliphatic carbocycles. The molecule has 9 nitrogen and oxygen atoms in total. The highest BCUT2D eigenvalue weighted by molar-refractivity contribution is 7.91. The van der Waals surface area contributed by atoms with Crippen molar-refractivity contribution < 1.29 is 26.3 Å².